The number of phosphoric ester groups is 1. The maximum absolute atomic E-state index is 11.7. The molecular weight excluding hydrogens is 330 g/mol. The second kappa shape index (κ2) is 7.52. The van der Waals surface area contributed by atoms with Gasteiger partial charge in [0.2, 0.25) is 0 Å². The molecule has 1 aliphatic rings. The number of hydrogen-bond acceptors (Lipinski definition) is 7. The van der Waals surface area contributed by atoms with Crippen molar-refractivity contribution >= 4 is 7.82 Å². The van der Waals surface area contributed by atoms with Crippen molar-refractivity contribution in [1.29, 1.82) is 0 Å². The zero-order valence-electron chi connectivity index (χ0n) is 12.0. The fourth-order valence-corrected chi connectivity index (χ4v) is 2.34. The van der Waals surface area contributed by atoms with Gasteiger partial charge in [-0.3, -0.25) is 18.9 Å². The number of phosphoric acid groups is 1. The topological polar surface area (TPSA) is 154 Å². The quantitative estimate of drug-likeness (QED) is 0.362. The summed E-state index contributed by atoms with van der Waals surface area (Å²) >= 11 is 0. The van der Waals surface area contributed by atoms with Crippen LogP contribution in [-0.4, -0.2) is 38.4 Å². The van der Waals surface area contributed by atoms with Crippen molar-refractivity contribution in [1.82, 2.24) is 9.55 Å². The Hall–Kier alpha value is -0.290. The summed E-state index contributed by atoms with van der Waals surface area (Å²) in [7, 11) is -4.92. The SMILES string of the molecule is Cc1cn([C@H]2C[C@H](O)[C@@H](COP(=O)([O-])O)O2)c(=O)[nH]c1=O.[Na+]. The Morgan fingerprint density at radius 3 is 2.82 bits per heavy atom. The third-order valence-corrected chi connectivity index (χ3v) is 3.54. The van der Waals surface area contributed by atoms with Crippen LogP contribution in [0.3, 0.4) is 0 Å². The number of aromatic amines is 1. The van der Waals surface area contributed by atoms with Gasteiger partial charge in [0.05, 0.1) is 12.7 Å². The minimum absolute atomic E-state index is 0. The fourth-order valence-electron chi connectivity index (χ4n) is 2.00. The van der Waals surface area contributed by atoms with E-state index in [4.69, 9.17) is 9.63 Å². The summed E-state index contributed by atoms with van der Waals surface area (Å²) in [5, 5.41) is 9.77. The molecule has 10 nitrogen and oxygen atoms in total. The van der Waals surface area contributed by atoms with Gasteiger partial charge in [0.1, 0.15) is 12.3 Å². The smallest absolute Gasteiger partial charge is 0.756 e. The minimum Gasteiger partial charge on any atom is -0.756 e. The van der Waals surface area contributed by atoms with E-state index >= 15 is 0 Å². The van der Waals surface area contributed by atoms with Gasteiger partial charge in [-0.2, -0.15) is 0 Å². The average Bonchev–Trinajstić information content (AvgIpc) is 2.72. The Balaban J connectivity index is 0.00000242. The number of aliphatic hydroxyl groups is 1. The molecule has 0 aliphatic carbocycles. The summed E-state index contributed by atoms with van der Waals surface area (Å²) in [5.41, 5.74) is -0.949. The molecule has 0 aromatic carbocycles. The van der Waals surface area contributed by atoms with Gasteiger partial charge in [-0.05, 0) is 6.92 Å². The van der Waals surface area contributed by atoms with Crippen molar-refractivity contribution in [3.8, 4) is 0 Å². The Kier molecular flexibility index (Phi) is 6.75. The van der Waals surface area contributed by atoms with Crippen LogP contribution < -0.4 is 45.7 Å². The summed E-state index contributed by atoms with van der Waals surface area (Å²) in [6.45, 7) is 0.923. The summed E-state index contributed by atoms with van der Waals surface area (Å²) < 4.78 is 21.1. The van der Waals surface area contributed by atoms with Crippen molar-refractivity contribution in [2.75, 3.05) is 6.61 Å². The number of rotatable bonds is 4. The van der Waals surface area contributed by atoms with Gasteiger partial charge < -0.3 is 24.2 Å². The van der Waals surface area contributed by atoms with Crippen molar-refractivity contribution in [3.63, 3.8) is 0 Å². The van der Waals surface area contributed by atoms with Crippen LogP contribution in [0.1, 0.15) is 18.2 Å². The normalized spacial score (nSPS) is 27.2. The molecule has 1 unspecified atom stereocenters. The fraction of sp³-hybridized carbons (Fsp3) is 0.600. The Morgan fingerprint density at radius 2 is 2.23 bits per heavy atom. The molecule has 0 amide bonds. The molecule has 1 aromatic rings. The van der Waals surface area contributed by atoms with E-state index < -0.39 is 44.1 Å². The van der Waals surface area contributed by atoms with E-state index in [1.165, 1.54) is 13.1 Å². The van der Waals surface area contributed by atoms with Crippen LogP contribution in [0.2, 0.25) is 0 Å². The molecule has 2 heterocycles. The second-order valence-electron chi connectivity index (χ2n) is 4.68. The largest absolute Gasteiger partial charge is 1.00 e. The van der Waals surface area contributed by atoms with Crippen LogP contribution in [0, 0.1) is 6.92 Å². The molecule has 0 bridgehead atoms. The average molecular weight is 344 g/mol. The summed E-state index contributed by atoms with van der Waals surface area (Å²) in [5.74, 6) is 0. The third kappa shape index (κ3) is 4.85. The molecule has 1 aliphatic heterocycles. The first-order valence-electron chi connectivity index (χ1n) is 6.01. The number of nitrogens with one attached hydrogen (secondary N) is 1. The number of H-pyrrole nitrogens is 1. The number of hydrogen-bond donors (Lipinski definition) is 3. The van der Waals surface area contributed by atoms with Gasteiger partial charge in [0, 0.05) is 18.2 Å². The number of aryl methyl sites for hydroxylation is 1. The Labute approximate surface area is 146 Å². The van der Waals surface area contributed by atoms with Crippen LogP contribution in [-0.2, 0) is 13.8 Å². The Bertz CT molecular complexity index is 682. The zero-order chi connectivity index (χ0) is 15.8. The van der Waals surface area contributed by atoms with Crippen LogP contribution in [0.4, 0.5) is 0 Å². The maximum Gasteiger partial charge on any atom is 1.00 e. The summed E-state index contributed by atoms with van der Waals surface area (Å²) in [6, 6.07) is 0. The van der Waals surface area contributed by atoms with Gasteiger partial charge in [0.15, 0.2) is 0 Å². The van der Waals surface area contributed by atoms with E-state index in [9.17, 15) is 24.2 Å². The zero-order valence-corrected chi connectivity index (χ0v) is 14.9. The van der Waals surface area contributed by atoms with E-state index in [1.54, 1.807) is 0 Å². The van der Waals surface area contributed by atoms with Gasteiger partial charge in [-0.1, -0.05) is 0 Å². The van der Waals surface area contributed by atoms with E-state index in [0.717, 1.165) is 4.57 Å². The molecule has 1 saturated heterocycles. The number of aliphatic hydroxyl groups excluding tert-OH is 1. The van der Waals surface area contributed by atoms with Gasteiger partial charge in [-0.15, -0.1) is 0 Å². The molecule has 0 spiro atoms. The molecule has 22 heavy (non-hydrogen) atoms. The van der Waals surface area contributed by atoms with Crippen LogP contribution in [0.15, 0.2) is 15.8 Å². The third-order valence-electron chi connectivity index (χ3n) is 3.06. The predicted molar refractivity (Wildman–Crippen MR) is 66.4 cm³/mol. The van der Waals surface area contributed by atoms with E-state index in [1.807, 2.05) is 0 Å². The predicted octanol–water partition coefficient (Wildman–Crippen LogP) is -5.03. The molecule has 12 heteroatoms. The number of ether oxygens (including phenoxy) is 1. The molecule has 0 radical (unpaired) electrons. The van der Waals surface area contributed by atoms with Crippen molar-refractivity contribution in [3.05, 3.63) is 32.6 Å². The Morgan fingerprint density at radius 1 is 1.59 bits per heavy atom. The molecule has 1 aromatic heterocycles. The molecular formula is C10H14N2NaO8P. The first kappa shape index (κ1) is 19.8. The molecule has 1 fully saturated rings. The van der Waals surface area contributed by atoms with Crippen molar-refractivity contribution in [2.45, 2.75) is 31.8 Å². The van der Waals surface area contributed by atoms with Gasteiger partial charge in [0.25, 0.3) is 13.4 Å². The summed E-state index contributed by atoms with van der Waals surface area (Å²) in [4.78, 5) is 44.1. The first-order valence-corrected chi connectivity index (χ1v) is 7.51. The second-order valence-corrected chi connectivity index (χ2v) is 5.87. The van der Waals surface area contributed by atoms with Gasteiger partial charge in [-0.25, -0.2) is 4.79 Å². The van der Waals surface area contributed by atoms with Crippen molar-refractivity contribution < 1.29 is 58.3 Å². The van der Waals surface area contributed by atoms with Crippen LogP contribution >= 0.6 is 7.82 Å². The molecule has 118 valence electrons. The van der Waals surface area contributed by atoms with Gasteiger partial charge >= 0.3 is 35.2 Å². The number of nitrogens with zero attached hydrogens (tertiary/aromatic N) is 1. The van der Waals surface area contributed by atoms with Crippen LogP contribution in [0.25, 0.3) is 0 Å². The molecule has 3 N–H and O–H groups in total. The standard InChI is InChI=1S/C10H15N2O8P.Na/c1-5-3-12(10(15)11-9(5)14)8-2-6(13)7(20-8)4-19-21(16,17)18;/h3,6-8,13H,2,4H2,1H3,(H,11,14,15)(H2,16,17,18);/q;+1/p-1/t6-,7+,8+;/m0./s1. The van der Waals surface area contributed by atoms with Crippen molar-refractivity contribution in [2.24, 2.45) is 0 Å². The minimum atomic E-state index is -4.92. The van der Waals surface area contributed by atoms with Crippen LogP contribution in [0.5, 0.6) is 0 Å². The molecule has 0 saturated carbocycles. The maximum atomic E-state index is 11.7. The van der Waals surface area contributed by atoms with E-state index in [2.05, 4.69) is 9.51 Å². The van der Waals surface area contributed by atoms with E-state index in [0.29, 0.717) is 0 Å². The first-order chi connectivity index (χ1) is 9.67. The monoisotopic (exact) mass is 344 g/mol. The number of aromatic nitrogens is 2. The summed E-state index contributed by atoms with van der Waals surface area (Å²) in [6.07, 6.45) is -1.69. The molecule has 4 atom stereocenters. The molecule has 2 rings (SSSR count). The van der Waals surface area contributed by atoms with E-state index in [-0.39, 0.29) is 41.5 Å².